The molecular weight excluding hydrogens is 1730 g/mol. The predicted octanol–water partition coefficient (Wildman–Crippen LogP) is 9.17. The molecule has 0 amide bonds. The average molecular weight is 1880 g/mol. The molecule has 120 heavy (non-hydrogen) atoms. The second kappa shape index (κ2) is 58.3. The van der Waals surface area contributed by atoms with Crippen LogP contribution in [0.3, 0.4) is 0 Å². The Balaban J connectivity index is 0.000000299. The van der Waals surface area contributed by atoms with Crippen LogP contribution in [0.1, 0.15) is 175 Å². The van der Waals surface area contributed by atoms with E-state index in [1.807, 2.05) is 0 Å². The van der Waals surface area contributed by atoms with Crippen molar-refractivity contribution in [2.75, 3.05) is 181 Å². The van der Waals surface area contributed by atoms with Crippen molar-refractivity contribution in [2.45, 2.75) is 290 Å². The topological polar surface area (TPSA) is 377 Å². The number of halogens is 2. The van der Waals surface area contributed by atoms with E-state index in [1.165, 1.54) is 57.8 Å². The van der Waals surface area contributed by atoms with Crippen molar-refractivity contribution in [3.8, 4) is 0 Å². The van der Waals surface area contributed by atoms with E-state index in [0.29, 0.717) is 127 Å². The second-order valence-electron chi connectivity index (χ2n) is 33.0. The van der Waals surface area contributed by atoms with Crippen LogP contribution >= 0.6 is 31.9 Å². The van der Waals surface area contributed by atoms with Crippen LogP contribution < -0.4 is 0 Å². The van der Waals surface area contributed by atoms with Crippen LogP contribution in [-0.4, -0.2) is 339 Å². The molecule has 696 valence electrons. The molecule has 6 aliphatic heterocycles. The molecule has 38 heteroatoms. The fraction of sp³-hybridized carbons (Fsp3) is 0.927. The number of hydrogen-bond acceptors (Lipinski definition) is 32. The van der Waals surface area contributed by atoms with Crippen molar-refractivity contribution in [3.63, 3.8) is 0 Å². The first kappa shape index (κ1) is 105. The smallest absolute Gasteiger partial charge is 0.463 e. The molecule has 11 rings (SSSR count). The molecule has 0 radical (unpaired) electrons. The fourth-order valence-electron chi connectivity index (χ4n) is 13.9. The lowest BCUT2D eigenvalue weighted by Gasteiger charge is -2.38. The molecule has 16 unspecified atom stereocenters. The van der Waals surface area contributed by atoms with Gasteiger partial charge in [0.05, 0.1) is 168 Å². The number of esters is 2. The largest absolute Gasteiger partial charge is 0.500 e. The monoisotopic (exact) mass is 1880 g/mol. The van der Waals surface area contributed by atoms with Gasteiger partial charge >= 0.3 is 29.5 Å². The summed E-state index contributed by atoms with van der Waals surface area (Å²) in [5.41, 5.74) is 1.33. The first-order valence-electron chi connectivity index (χ1n) is 43.8. The third-order valence-electron chi connectivity index (χ3n) is 21.8. The van der Waals surface area contributed by atoms with Crippen LogP contribution in [0.4, 0.5) is 0 Å². The number of epoxide rings is 6. The van der Waals surface area contributed by atoms with Crippen molar-refractivity contribution < 1.29 is 132 Å². The maximum Gasteiger partial charge on any atom is 0.500 e. The SMILES string of the molecule is CC(C)(Br)C(=O)OCCn1cc(COCC2CO2)nn1.CCC1CCC2OC2C1.CCCOCC1CO1.CO[Si](CCCOCC(CO)OC1CC(CCCC2CCC3OC3C2)CCC1OCC(COCCCCCOCC1CO1)OCC(O)COCc1cn(CCOC(=O)C(C)(C)Br)nn1)(OC)OC.CO[Si](CCCOCC1CO1)(OC)OC. The van der Waals surface area contributed by atoms with Crippen molar-refractivity contribution in [3.05, 3.63) is 23.8 Å². The minimum absolute atomic E-state index is 0.00921. The molecule has 0 spiro atoms. The molecule has 3 aliphatic carbocycles. The summed E-state index contributed by atoms with van der Waals surface area (Å²) in [7, 11) is 4.57. The van der Waals surface area contributed by atoms with Crippen LogP contribution in [0.5, 0.6) is 0 Å². The van der Waals surface area contributed by atoms with E-state index in [4.69, 9.17) is 112 Å². The third kappa shape index (κ3) is 45.1. The molecule has 16 atom stereocenters. The maximum absolute atomic E-state index is 12.0. The fourth-order valence-corrected chi connectivity index (χ4v) is 17.5. The summed E-state index contributed by atoms with van der Waals surface area (Å²) < 4.78 is 135. The Labute approximate surface area is 731 Å². The number of hydrogen-bond donors (Lipinski definition) is 2. The Bertz CT molecular complexity index is 2970. The van der Waals surface area contributed by atoms with Gasteiger partial charge in [-0.25, -0.2) is 9.36 Å². The van der Waals surface area contributed by atoms with Crippen LogP contribution in [0.15, 0.2) is 12.4 Å². The lowest BCUT2D eigenvalue weighted by molar-refractivity contribution is -0.167. The summed E-state index contributed by atoms with van der Waals surface area (Å²) in [4.78, 5) is 23.5. The Kier molecular flexibility index (Phi) is 50.8. The number of nitrogens with zero attached hydrogens (tertiary/aromatic N) is 6. The molecule has 8 heterocycles. The quantitative estimate of drug-likeness (QED) is 0.0205. The number of carbonyl (C=O) groups excluding carboxylic acids is 2. The molecule has 2 N–H and O–H groups in total. The van der Waals surface area contributed by atoms with E-state index >= 15 is 0 Å². The number of rotatable bonds is 62. The van der Waals surface area contributed by atoms with E-state index in [-0.39, 0.29) is 95.8 Å². The first-order valence-corrected chi connectivity index (χ1v) is 49.2. The van der Waals surface area contributed by atoms with E-state index in [1.54, 1.807) is 92.1 Å². The van der Waals surface area contributed by atoms with Gasteiger partial charge in [-0.3, -0.25) is 9.59 Å². The number of aliphatic hydroxyl groups is 2. The second-order valence-corrected chi connectivity index (χ2v) is 43.2. The standard InChI is InChI=1S/C47H84BrN3O16Si.C12H18BrN3O4.C9H20O5Si.C8H14O.C6H12O2/c1-47(2,48)46(54)62-21-17-51-25-37(49-50-51)27-61-28-38(53)29-63-41(32-59-19-8-6-7-18-58-31-40-33-64-40)34-65-42-15-13-35(11-9-12-36-14-16-43-45(24-36)67-43)23-44(42)66-39(26-52)30-60-20-10-22-68(55-3,56-4)57-5;1-12(2,13)11(17)19-4-3-16-5-9(14-15-16)6-18-7-10-8-20-10;1-10-15(11-2,12-3)6-4-5-13-7-9-8-14-9;1-2-6-3-4-7-8(5-6)9-7;1-2-3-7-4-6-5-8-6/h25,35-36,38-45,52-53H,6-24,26-34H2,1-5H3;5,10H,3-4,6-8H2,1-2H3;9H,4-8H2,1-3H3;6-8H,2-5H2,1H3;6H,2-5H2,1H3. The van der Waals surface area contributed by atoms with Gasteiger partial charge in [0.1, 0.15) is 76.0 Å². The third-order valence-corrected chi connectivity index (χ3v) is 28.1. The number of ether oxygens (including phenoxy) is 18. The molecule has 34 nitrogen and oxygen atoms in total. The highest BCUT2D eigenvalue weighted by atomic mass is 79.9. The van der Waals surface area contributed by atoms with Gasteiger partial charge in [-0.15, -0.1) is 10.2 Å². The van der Waals surface area contributed by atoms with Crippen molar-refractivity contribution in [2.24, 2.45) is 17.8 Å². The van der Waals surface area contributed by atoms with E-state index in [0.717, 1.165) is 121 Å². The zero-order chi connectivity index (χ0) is 86.4. The number of aromatic nitrogens is 6. The number of carbonyl (C=O) groups is 2. The highest BCUT2D eigenvalue weighted by Gasteiger charge is 2.45. The predicted molar refractivity (Wildman–Crippen MR) is 452 cm³/mol. The zero-order valence-electron chi connectivity index (χ0n) is 73.9. The molecule has 2 aromatic rings. The zero-order valence-corrected chi connectivity index (χ0v) is 79.0. The first-order chi connectivity index (χ1) is 58.0. The van der Waals surface area contributed by atoms with E-state index in [2.05, 4.69) is 66.3 Å². The minimum Gasteiger partial charge on any atom is -0.463 e. The molecule has 2 aromatic heterocycles. The van der Waals surface area contributed by atoms with Gasteiger partial charge in [-0.2, -0.15) is 0 Å². The average Bonchev–Trinajstić information content (AvgIpc) is 1.65. The highest BCUT2D eigenvalue weighted by Crippen LogP contribution is 2.43. The lowest BCUT2D eigenvalue weighted by atomic mass is 9.80. The van der Waals surface area contributed by atoms with Gasteiger partial charge in [0.2, 0.25) is 0 Å². The summed E-state index contributed by atoms with van der Waals surface area (Å²) in [6, 6.07) is 1.39. The number of fused-ring (bicyclic) bond motifs is 2. The molecule has 9 aliphatic rings. The Morgan fingerprint density at radius 3 is 1.42 bits per heavy atom. The molecule has 9 fully saturated rings. The minimum atomic E-state index is -2.71. The van der Waals surface area contributed by atoms with Crippen LogP contribution in [-0.2, 0) is 148 Å². The molecule has 3 saturated carbocycles. The van der Waals surface area contributed by atoms with Crippen LogP contribution in [0, 0.1) is 17.8 Å². The maximum atomic E-state index is 12.0. The van der Waals surface area contributed by atoms with E-state index < -0.39 is 44.6 Å². The number of alkyl halides is 2. The highest BCUT2D eigenvalue weighted by molar-refractivity contribution is 9.10. The Morgan fingerprint density at radius 1 is 0.500 bits per heavy atom. The molecule has 6 saturated heterocycles. The normalized spacial score (nSPS) is 25.2. The summed E-state index contributed by atoms with van der Waals surface area (Å²) >= 11 is 6.54. The van der Waals surface area contributed by atoms with Crippen LogP contribution in [0.25, 0.3) is 0 Å². The van der Waals surface area contributed by atoms with Gasteiger partial charge in [0.15, 0.2) is 0 Å². The van der Waals surface area contributed by atoms with Crippen molar-refractivity contribution in [1.29, 1.82) is 0 Å². The van der Waals surface area contributed by atoms with Crippen molar-refractivity contribution >= 4 is 61.4 Å². The Morgan fingerprint density at radius 2 is 0.942 bits per heavy atom. The summed E-state index contributed by atoms with van der Waals surface area (Å²) in [5, 5.41) is 37.5. The van der Waals surface area contributed by atoms with Crippen LogP contribution in [0.2, 0.25) is 12.1 Å². The Hall–Kier alpha value is -2.35. The van der Waals surface area contributed by atoms with Gasteiger partial charge in [0, 0.05) is 87.8 Å². The summed E-state index contributed by atoms with van der Waals surface area (Å²) in [6.07, 6.45) is 25.6. The summed E-state index contributed by atoms with van der Waals surface area (Å²) in [5.74, 6) is 1.56. The summed E-state index contributed by atoms with van der Waals surface area (Å²) in [6.45, 7) is 23.0. The number of unbranched alkanes of at least 4 members (excludes halogenated alkanes) is 2. The molecule has 0 aromatic carbocycles. The molecule has 0 bridgehead atoms. The van der Waals surface area contributed by atoms with Gasteiger partial charge in [-0.05, 0) is 142 Å². The van der Waals surface area contributed by atoms with E-state index in [9.17, 15) is 19.8 Å². The van der Waals surface area contributed by atoms with Crippen molar-refractivity contribution in [1.82, 2.24) is 30.0 Å². The number of aliphatic hydroxyl groups excluding tert-OH is 2. The van der Waals surface area contributed by atoms with Gasteiger partial charge in [0.25, 0.3) is 0 Å². The van der Waals surface area contributed by atoms with Gasteiger partial charge in [-0.1, -0.05) is 81.8 Å². The molecular formula is C82H148Br2N6O28Si2. The lowest BCUT2D eigenvalue weighted by Crippen LogP contribution is -2.44. The van der Waals surface area contributed by atoms with Gasteiger partial charge < -0.3 is 122 Å².